The summed E-state index contributed by atoms with van der Waals surface area (Å²) in [4.78, 5) is 22.7. The van der Waals surface area contributed by atoms with Crippen molar-refractivity contribution < 1.29 is 9.53 Å². The minimum absolute atomic E-state index is 0.119. The summed E-state index contributed by atoms with van der Waals surface area (Å²) >= 11 is 1.60. The molecule has 5 rings (SSSR count). The minimum Gasteiger partial charge on any atom is -0.467 e. The van der Waals surface area contributed by atoms with E-state index in [9.17, 15) is 4.79 Å². The van der Waals surface area contributed by atoms with Gasteiger partial charge in [-0.3, -0.25) is 4.79 Å². The van der Waals surface area contributed by atoms with Gasteiger partial charge < -0.3 is 14.6 Å². The summed E-state index contributed by atoms with van der Waals surface area (Å²) in [6, 6.07) is 14.3. The van der Waals surface area contributed by atoms with Crippen molar-refractivity contribution in [1.29, 1.82) is 0 Å². The first-order chi connectivity index (χ1) is 14.2. The number of hydrogen-bond acceptors (Lipinski definition) is 4. The lowest BCUT2D eigenvalue weighted by molar-refractivity contribution is -0.132. The molecule has 1 amide bonds. The first kappa shape index (κ1) is 18.2. The Morgan fingerprint density at radius 3 is 2.86 bits per heavy atom. The second-order valence-corrected chi connectivity index (χ2v) is 8.63. The predicted octanol–water partition coefficient (Wildman–Crippen LogP) is 4.70. The van der Waals surface area contributed by atoms with Gasteiger partial charge in [-0.05, 0) is 30.2 Å². The van der Waals surface area contributed by atoms with Crippen LogP contribution in [0.5, 0.6) is 5.19 Å². The number of fused-ring (bicyclic) bond motifs is 2. The van der Waals surface area contributed by atoms with Gasteiger partial charge in [0.05, 0.1) is 16.6 Å². The van der Waals surface area contributed by atoms with Crippen LogP contribution in [0.3, 0.4) is 0 Å². The monoisotopic (exact) mass is 405 g/mol. The third-order valence-corrected chi connectivity index (χ3v) is 6.59. The van der Waals surface area contributed by atoms with Gasteiger partial charge in [0, 0.05) is 43.0 Å². The van der Waals surface area contributed by atoms with Gasteiger partial charge in [0.1, 0.15) is 6.10 Å². The number of H-pyrrole nitrogens is 1. The van der Waals surface area contributed by atoms with Crippen LogP contribution in [0.2, 0.25) is 0 Å². The number of aromatic amines is 1. The molecule has 0 aliphatic carbocycles. The quantitative estimate of drug-likeness (QED) is 0.535. The van der Waals surface area contributed by atoms with Gasteiger partial charge >= 0.3 is 0 Å². The Bertz CT molecular complexity index is 1170. The second kappa shape index (κ2) is 7.52. The van der Waals surface area contributed by atoms with Crippen LogP contribution in [-0.2, 0) is 11.2 Å². The van der Waals surface area contributed by atoms with Gasteiger partial charge in [-0.1, -0.05) is 41.7 Å². The molecule has 1 saturated heterocycles. The number of thiazole rings is 1. The minimum atomic E-state index is 0.119. The van der Waals surface area contributed by atoms with E-state index in [2.05, 4.69) is 41.2 Å². The summed E-state index contributed by atoms with van der Waals surface area (Å²) in [5.74, 6) is 0.184. The number of amides is 1. The van der Waals surface area contributed by atoms with E-state index in [-0.39, 0.29) is 12.0 Å². The number of hydrogen-bond donors (Lipinski definition) is 1. The van der Waals surface area contributed by atoms with E-state index in [0.29, 0.717) is 6.42 Å². The van der Waals surface area contributed by atoms with Gasteiger partial charge in [-0.15, -0.1) is 0 Å². The molecule has 2 aromatic carbocycles. The molecule has 3 heterocycles. The third-order valence-electron chi connectivity index (χ3n) is 5.68. The number of carbonyl (C=O) groups is 1. The van der Waals surface area contributed by atoms with E-state index in [1.165, 1.54) is 5.56 Å². The lowest BCUT2D eigenvalue weighted by Crippen LogP contribution is -2.42. The summed E-state index contributed by atoms with van der Waals surface area (Å²) in [6.45, 7) is 3.54. The van der Waals surface area contributed by atoms with Crippen LogP contribution in [0.25, 0.3) is 21.1 Å². The molecule has 0 saturated carbocycles. The molecule has 148 valence electrons. The summed E-state index contributed by atoms with van der Waals surface area (Å²) in [5, 5.41) is 1.86. The molecule has 4 aromatic rings. The van der Waals surface area contributed by atoms with E-state index in [0.717, 1.165) is 57.8 Å². The zero-order valence-corrected chi connectivity index (χ0v) is 17.2. The van der Waals surface area contributed by atoms with Crippen molar-refractivity contribution >= 4 is 38.4 Å². The van der Waals surface area contributed by atoms with Gasteiger partial charge in [0.25, 0.3) is 5.19 Å². The highest BCUT2D eigenvalue weighted by atomic mass is 32.1. The topological polar surface area (TPSA) is 58.2 Å². The Hall–Kier alpha value is -2.86. The fourth-order valence-electron chi connectivity index (χ4n) is 4.03. The van der Waals surface area contributed by atoms with Crippen LogP contribution in [0.4, 0.5) is 0 Å². The molecule has 5 nitrogen and oxygen atoms in total. The molecule has 0 bridgehead atoms. The van der Waals surface area contributed by atoms with Crippen molar-refractivity contribution in [2.75, 3.05) is 13.1 Å². The molecule has 0 spiro atoms. The number of nitrogens with one attached hydrogen (secondary N) is 1. The fraction of sp³-hybridized carbons (Fsp3) is 0.304. The Morgan fingerprint density at radius 2 is 2.03 bits per heavy atom. The summed E-state index contributed by atoms with van der Waals surface area (Å²) in [5.41, 5.74) is 4.34. The highest BCUT2D eigenvalue weighted by Crippen LogP contribution is 2.31. The van der Waals surface area contributed by atoms with Crippen LogP contribution >= 0.6 is 11.3 Å². The first-order valence-corrected chi connectivity index (χ1v) is 10.8. The van der Waals surface area contributed by atoms with E-state index >= 15 is 0 Å². The van der Waals surface area contributed by atoms with E-state index in [1.807, 2.05) is 29.3 Å². The fourth-order valence-corrected chi connectivity index (χ4v) is 4.99. The Balaban J connectivity index is 1.19. The number of carbonyl (C=O) groups excluding carboxylic acids is 1. The number of benzene rings is 2. The number of aryl methyl sites for hydroxylation is 1. The number of likely N-dealkylation sites (tertiary alicyclic amines) is 1. The van der Waals surface area contributed by atoms with Crippen molar-refractivity contribution in [3.05, 3.63) is 59.8 Å². The number of nitrogens with zero attached hydrogens (tertiary/aromatic N) is 2. The molecule has 2 aromatic heterocycles. The van der Waals surface area contributed by atoms with Crippen molar-refractivity contribution in [2.24, 2.45) is 0 Å². The van der Waals surface area contributed by atoms with E-state index in [1.54, 1.807) is 11.3 Å². The summed E-state index contributed by atoms with van der Waals surface area (Å²) in [6.07, 6.45) is 4.19. The normalized spacial score (nSPS) is 15.3. The van der Waals surface area contributed by atoms with Gasteiger partial charge in [-0.2, -0.15) is 0 Å². The Morgan fingerprint density at radius 1 is 1.21 bits per heavy atom. The predicted molar refractivity (Wildman–Crippen MR) is 117 cm³/mol. The van der Waals surface area contributed by atoms with E-state index < -0.39 is 0 Å². The second-order valence-electron chi connectivity index (χ2n) is 7.64. The lowest BCUT2D eigenvalue weighted by atomic mass is 10.1. The van der Waals surface area contributed by atoms with Gasteiger partial charge in [-0.25, -0.2) is 4.98 Å². The summed E-state index contributed by atoms with van der Waals surface area (Å²) < 4.78 is 7.31. The van der Waals surface area contributed by atoms with Crippen molar-refractivity contribution in [2.45, 2.75) is 32.3 Å². The van der Waals surface area contributed by atoms with Crippen molar-refractivity contribution in [3.63, 3.8) is 0 Å². The molecule has 1 fully saturated rings. The maximum absolute atomic E-state index is 12.8. The molecule has 0 unspecified atom stereocenters. The van der Waals surface area contributed by atoms with Crippen molar-refractivity contribution in [3.8, 4) is 5.19 Å². The summed E-state index contributed by atoms with van der Waals surface area (Å²) in [7, 11) is 0. The highest BCUT2D eigenvalue weighted by molar-refractivity contribution is 7.20. The molecule has 0 radical (unpaired) electrons. The smallest absolute Gasteiger partial charge is 0.274 e. The van der Waals surface area contributed by atoms with Crippen LogP contribution < -0.4 is 4.74 Å². The zero-order valence-electron chi connectivity index (χ0n) is 16.4. The average molecular weight is 406 g/mol. The molecule has 1 aliphatic heterocycles. The number of aromatic nitrogens is 2. The molecular weight excluding hydrogens is 382 g/mol. The maximum Gasteiger partial charge on any atom is 0.274 e. The van der Waals surface area contributed by atoms with Gasteiger partial charge in [0.2, 0.25) is 5.91 Å². The van der Waals surface area contributed by atoms with Crippen LogP contribution in [0.15, 0.2) is 48.7 Å². The molecule has 1 aliphatic rings. The molecule has 1 N–H and O–H groups in total. The maximum atomic E-state index is 12.8. The third kappa shape index (κ3) is 3.60. The largest absolute Gasteiger partial charge is 0.467 e. The van der Waals surface area contributed by atoms with Crippen LogP contribution in [-0.4, -0.2) is 40.0 Å². The van der Waals surface area contributed by atoms with E-state index in [4.69, 9.17) is 4.74 Å². The highest BCUT2D eigenvalue weighted by Gasteiger charge is 2.25. The number of ether oxygens (including phenoxy) is 1. The number of para-hydroxylation sites is 2. The molecule has 0 atom stereocenters. The average Bonchev–Trinajstić information content (AvgIpc) is 3.33. The molecular formula is C23H23N3O2S. The van der Waals surface area contributed by atoms with Crippen LogP contribution in [0.1, 0.15) is 24.0 Å². The zero-order chi connectivity index (χ0) is 19.8. The number of piperidine rings is 1. The van der Waals surface area contributed by atoms with Gasteiger partial charge in [0.15, 0.2) is 0 Å². The Labute approximate surface area is 173 Å². The molecule has 6 heteroatoms. The van der Waals surface area contributed by atoms with Crippen LogP contribution in [0, 0.1) is 6.92 Å². The Kier molecular flexibility index (Phi) is 4.72. The number of rotatable bonds is 4. The standard InChI is InChI=1S/C23H23N3O2S/c1-15-5-4-8-20-22(15)25-23(29-20)28-17-9-11-26(12-10-17)21(27)13-16-14-24-19-7-3-2-6-18(16)19/h2-8,14,17,24H,9-13H2,1H3. The first-order valence-electron chi connectivity index (χ1n) is 10.0. The van der Waals surface area contributed by atoms with Crippen molar-refractivity contribution in [1.82, 2.24) is 14.9 Å². The SMILES string of the molecule is Cc1cccc2sc(OC3CCN(C(=O)Cc4c[nH]c5ccccc45)CC3)nc12. The molecule has 29 heavy (non-hydrogen) atoms. The lowest BCUT2D eigenvalue weighted by Gasteiger charge is -2.31.